The summed E-state index contributed by atoms with van der Waals surface area (Å²) in [6.45, 7) is 1.77. The average Bonchev–Trinajstić information content (AvgIpc) is 3.02. The summed E-state index contributed by atoms with van der Waals surface area (Å²) in [6, 6.07) is 14.0. The number of carbonyl (C=O) groups excluding carboxylic acids is 1. The molecule has 2 N–H and O–H groups in total. The third-order valence-corrected chi connectivity index (χ3v) is 4.72. The lowest BCUT2D eigenvalue weighted by Crippen LogP contribution is -2.38. The zero-order valence-corrected chi connectivity index (χ0v) is 15.1. The molecule has 2 aromatic carbocycles. The molecular weight excluding hydrogens is 360 g/mol. The Morgan fingerprint density at radius 3 is 2.84 bits per heavy atom. The number of aliphatic hydroxyl groups excluding tert-OH is 1. The number of oxazole rings is 1. The Morgan fingerprint density at radius 1 is 1.32 bits per heavy atom. The normalized spacial score (nSPS) is 13.6. The van der Waals surface area contributed by atoms with Crippen molar-refractivity contribution in [2.75, 3.05) is 5.75 Å². The quantitative estimate of drug-likeness (QED) is 0.640. The SMILES string of the molecule is CC(NC(=O)CSc1nc2cc(Cl)ccc2o1)C(O)c1ccccc1. The van der Waals surface area contributed by atoms with Crippen molar-refractivity contribution in [1.29, 1.82) is 0 Å². The number of aromatic nitrogens is 1. The second-order valence-electron chi connectivity index (χ2n) is 5.59. The third kappa shape index (κ3) is 4.54. The molecule has 0 radical (unpaired) electrons. The molecule has 1 aromatic heterocycles. The molecule has 0 saturated heterocycles. The maximum atomic E-state index is 12.1. The van der Waals surface area contributed by atoms with E-state index in [1.54, 1.807) is 25.1 Å². The lowest BCUT2D eigenvalue weighted by atomic mass is 10.0. The van der Waals surface area contributed by atoms with Crippen LogP contribution < -0.4 is 5.32 Å². The van der Waals surface area contributed by atoms with Gasteiger partial charge < -0.3 is 14.8 Å². The molecule has 0 bridgehead atoms. The summed E-state index contributed by atoms with van der Waals surface area (Å²) < 4.78 is 5.56. The highest BCUT2D eigenvalue weighted by atomic mass is 35.5. The van der Waals surface area contributed by atoms with Crippen LogP contribution in [0.3, 0.4) is 0 Å². The lowest BCUT2D eigenvalue weighted by molar-refractivity contribution is -0.119. The second kappa shape index (κ2) is 7.91. The van der Waals surface area contributed by atoms with Crippen molar-refractivity contribution in [3.63, 3.8) is 0 Å². The van der Waals surface area contributed by atoms with Crippen LogP contribution in [0.1, 0.15) is 18.6 Å². The van der Waals surface area contributed by atoms with Crippen LogP contribution in [0.2, 0.25) is 5.02 Å². The topological polar surface area (TPSA) is 75.4 Å². The summed E-state index contributed by atoms with van der Waals surface area (Å²) >= 11 is 7.11. The number of aliphatic hydroxyl groups is 1. The molecule has 0 saturated carbocycles. The number of hydrogen-bond donors (Lipinski definition) is 2. The number of fused-ring (bicyclic) bond motifs is 1. The number of nitrogens with one attached hydrogen (secondary N) is 1. The molecule has 5 nitrogen and oxygen atoms in total. The first-order chi connectivity index (χ1) is 12.0. The van der Waals surface area contributed by atoms with E-state index in [4.69, 9.17) is 16.0 Å². The summed E-state index contributed by atoms with van der Waals surface area (Å²) in [5, 5.41) is 14.1. The summed E-state index contributed by atoms with van der Waals surface area (Å²) in [5.74, 6) is -0.0559. The van der Waals surface area contributed by atoms with Gasteiger partial charge in [0.05, 0.1) is 17.9 Å². The van der Waals surface area contributed by atoms with Crippen molar-refractivity contribution in [2.24, 2.45) is 0 Å². The smallest absolute Gasteiger partial charge is 0.257 e. The van der Waals surface area contributed by atoms with Crippen LogP contribution in [0.5, 0.6) is 0 Å². The summed E-state index contributed by atoms with van der Waals surface area (Å²) in [5.41, 5.74) is 2.04. The molecule has 2 unspecified atom stereocenters. The molecular formula is C18H17ClN2O3S. The Hall–Kier alpha value is -2.02. The van der Waals surface area contributed by atoms with Gasteiger partial charge in [-0.2, -0.15) is 0 Å². The third-order valence-electron chi connectivity index (χ3n) is 3.66. The highest BCUT2D eigenvalue weighted by Crippen LogP contribution is 2.25. The van der Waals surface area contributed by atoms with Gasteiger partial charge in [0.25, 0.3) is 5.22 Å². The van der Waals surface area contributed by atoms with Gasteiger partial charge in [-0.25, -0.2) is 4.98 Å². The van der Waals surface area contributed by atoms with Crippen LogP contribution in [0.4, 0.5) is 0 Å². The Balaban J connectivity index is 1.55. The van der Waals surface area contributed by atoms with Crippen LogP contribution >= 0.6 is 23.4 Å². The predicted molar refractivity (Wildman–Crippen MR) is 98.7 cm³/mol. The van der Waals surface area contributed by atoms with E-state index in [2.05, 4.69) is 10.3 Å². The standard InChI is InChI=1S/C18H17ClN2O3S/c1-11(17(23)12-5-3-2-4-6-12)20-16(22)10-25-18-21-14-9-13(19)7-8-15(14)24-18/h2-9,11,17,23H,10H2,1H3,(H,20,22). The molecule has 0 aliphatic heterocycles. The highest BCUT2D eigenvalue weighted by Gasteiger charge is 2.18. The predicted octanol–water partition coefficient (Wildman–Crippen LogP) is 3.81. The van der Waals surface area contributed by atoms with Crippen LogP contribution in [-0.2, 0) is 4.79 Å². The maximum absolute atomic E-state index is 12.1. The monoisotopic (exact) mass is 376 g/mol. The van der Waals surface area contributed by atoms with Crippen LogP contribution in [0.15, 0.2) is 58.2 Å². The van der Waals surface area contributed by atoms with E-state index in [1.807, 2.05) is 30.3 Å². The number of rotatable bonds is 6. The van der Waals surface area contributed by atoms with E-state index in [1.165, 1.54) is 11.8 Å². The summed E-state index contributed by atoms with van der Waals surface area (Å²) in [6.07, 6.45) is -0.762. The van der Waals surface area contributed by atoms with Gasteiger partial charge in [-0.15, -0.1) is 0 Å². The van der Waals surface area contributed by atoms with E-state index in [0.29, 0.717) is 21.3 Å². The van der Waals surface area contributed by atoms with Gasteiger partial charge >= 0.3 is 0 Å². The summed E-state index contributed by atoms with van der Waals surface area (Å²) in [7, 11) is 0. The average molecular weight is 377 g/mol. The number of thioether (sulfide) groups is 1. The molecule has 0 fully saturated rings. The van der Waals surface area contributed by atoms with E-state index in [-0.39, 0.29) is 11.7 Å². The fraction of sp³-hybridized carbons (Fsp3) is 0.222. The van der Waals surface area contributed by atoms with Gasteiger partial charge in [0.1, 0.15) is 5.52 Å². The molecule has 0 spiro atoms. The number of hydrogen-bond acceptors (Lipinski definition) is 5. The van der Waals surface area contributed by atoms with Crippen molar-refractivity contribution >= 4 is 40.4 Å². The van der Waals surface area contributed by atoms with Crippen molar-refractivity contribution in [3.05, 3.63) is 59.1 Å². The minimum Gasteiger partial charge on any atom is -0.431 e. The lowest BCUT2D eigenvalue weighted by Gasteiger charge is -2.20. The minimum atomic E-state index is -0.762. The molecule has 2 atom stereocenters. The molecule has 7 heteroatoms. The number of halogens is 1. The molecule has 25 heavy (non-hydrogen) atoms. The number of benzene rings is 2. The Kier molecular flexibility index (Phi) is 5.63. The zero-order chi connectivity index (χ0) is 17.8. The Bertz CT molecular complexity index is 869. The fourth-order valence-corrected chi connectivity index (χ4v) is 3.20. The van der Waals surface area contributed by atoms with Crippen LogP contribution in [0.25, 0.3) is 11.1 Å². The molecule has 1 amide bonds. The van der Waals surface area contributed by atoms with E-state index < -0.39 is 12.1 Å². The van der Waals surface area contributed by atoms with E-state index in [0.717, 1.165) is 5.56 Å². The molecule has 3 rings (SSSR count). The number of amides is 1. The van der Waals surface area contributed by atoms with Crippen LogP contribution in [-0.4, -0.2) is 27.8 Å². The minimum absolute atomic E-state index is 0.145. The van der Waals surface area contributed by atoms with Gasteiger partial charge in [-0.05, 0) is 30.7 Å². The highest BCUT2D eigenvalue weighted by molar-refractivity contribution is 7.99. The number of nitrogens with zero attached hydrogens (tertiary/aromatic N) is 1. The van der Waals surface area contributed by atoms with Crippen LogP contribution in [0, 0.1) is 0 Å². The van der Waals surface area contributed by atoms with Crippen molar-refractivity contribution in [2.45, 2.75) is 24.3 Å². The fourth-order valence-electron chi connectivity index (χ4n) is 2.38. The Morgan fingerprint density at radius 2 is 2.08 bits per heavy atom. The Labute approximate surface area is 154 Å². The van der Waals surface area contributed by atoms with Gasteiger partial charge in [0.2, 0.25) is 5.91 Å². The number of carbonyl (C=O) groups is 1. The van der Waals surface area contributed by atoms with Gasteiger partial charge in [0, 0.05) is 5.02 Å². The molecule has 1 heterocycles. The zero-order valence-electron chi connectivity index (χ0n) is 13.5. The second-order valence-corrected chi connectivity index (χ2v) is 6.96. The van der Waals surface area contributed by atoms with Crippen molar-refractivity contribution < 1.29 is 14.3 Å². The van der Waals surface area contributed by atoms with Crippen molar-refractivity contribution in [3.8, 4) is 0 Å². The van der Waals surface area contributed by atoms with E-state index in [9.17, 15) is 9.90 Å². The summed E-state index contributed by atoms with van der Waals surface area (Å²) in [4.78, 5) is 16.4. The molecule has 0 aliphatic rings. The molecule has 0 aliphatic carbocycles. The largest absolute Gasteiger partial charge is 0.431 e. The maximum Gasteiger partial charge on any atom is 0.257 e. The van der Waals surface area contributed by atoms with Crippen molar-refractivity contribution in [1.82, 2.24) is 10.3 Å². The molecule has 130 valence electrons. The molecule has 3 aromatic rings. The van der Waals surface area contributed by atoms with Gasteiger partial charge in [0.15, 0.2) is 5.58 Å². The van der Waals surface area contributed by atoms with E-state index >= 15 is 0 Å². The first kappa shape index (κ1) is 17.8. The first-order valence-electron chi connectivity index (χ1n) is 7.74. The first-order valence-corrected chi connectivity index (χ1v) is 9.10. The van der Waals surface area contributed by atoms with Gasteiger partial charge in [-0.1, -0.05) is 53.7 Å². The van der Waals surface area contributed by atoms with Gasteiger partial charge in [-0.3, -0.25) is 4.79 Å².